The third-order valence-corrected chi connectivity index (χ3v) is 9.47. The van der Waals surface area contributed by atoms with Crippen LogP contribution in [0.3, 0.4) is 0 Å². The fraction of sp³-hybridized carbons (Fsp3) is 0. The summed E-state index contributed by atoms with van der Waals surface area (Å²) in [5.74, 6) is 0.613. The molecular weight excluding hydrogens is 601 g/mol. The summed E-state index contributed by atoms with van der Waals surface area (Å²) in [6.07, 6.45) is 0. The number of oxazole rings is 1. The summed E-state index contributed by atoms with van der Waals surface area (Å²) in [5.41, 5.74) is 9.70. The van der Waals surface area contributed by atoms with Gasteiger partial charge in [-0.1, -0.05) is 103 Å². The van der Waals surface area contributed by atoms with Gasteiger partial charge >= 0.3 is 0 Å². The van der Waals surface area contributed by atoms with Crippen molar-refractivity contribution in [2.45, 2.75) is 0 Å². The zero-order chi connectivity index (χ0) is 32.3. The Bertz CT molecular complexity index is 2820. The molecule has 230 valence electrons. The first-order chi connectivity index (χ1) is 24.3. The highest BCUT2D eigenvalue weighted by molar-refractivity contribution is 6.24. The van der Waals surface area contributed by atoms with E-state index in [-0.39, 0.29) is 0 Å². The molecule has 0 spiro atoms. The summed E-state index contributed by atoms with van der Waals surface area (Å²) >= 11 is 0. The smallest absolute Gasteiger partial charge is 0.227 e. The third-order valence-electron chi connectivity index (χ3n) is 9.47. The number of benzene rings is 8. The Morgan fingerprint density at radius 3 is 1.92 bits per heavy atom. The fourth-order valence-corrected chi connectivity index (χ4v) is 7.24. The molecule has 4 heteroatoms. The van der Waals surface area contributed by atoms with E-state index >= 15 is 0 Å². The predicted octanol–water partition coefficient (Wildman–Crippen LogP) is 12.8. The van der Waals surface area contributed by atoms with E-state index in [1.165, 1.54) is 0 Å². The quantitative estimate of drug-likeness (QED) is 0.178. The van der Waals surface area contributed by atoms with Crippen molar-refractivity contribution >= 4 is 71.6 Å². The van der Waals surface area contributed by atoms with Crippen LogP contribution >= 0.6 is 0 Å². The highest BCUT2D eigenvalue weighted by Gasteiger charge is 2.22. The molecule has 0 aliphatic rings. The average Bonchev–Trinajstić information content (AvgIpc) is 3.78. The fourth-order valence-electron chi connectivity index (χ4n) is 7.24. The van der Waals surface area contributed by atoms with E-state index < -0.39 is 0 Å². The van der Waals surface area contributed by atoms with Gasteiger partial charge < -0.3 is 13.7 Å². The molecule has 0 saturated heterocycles. The Balaban J connectivity index is 1.29. The van der Waals surface area contributed by atoms with E-state index in [4.69, 9.17) is 13.8 Å². The van der Waals surface area contributed by atoms with Gasteiger partial charge in [-0.05, 0) is 82.6 Å². The Morgan fingerprint density at radius 1 is 0.429 bits per heavy atom. The standard InChI is InChI=1S/C45H28N2O2/c1-4-13-29(14-5-1)37-28-38-35(43-36(37)25-26-39-44(43)49-45(46-39)30-15-6-2-7-16-30)20-12-21-40(38)47(31-17-8-3-9-18-31)32-23-24-34-33-19-10-11-22-41(33)48-42(34)27-32/h1-28H. The molecule has 0 aliphatic heterocycles. The number of fused-ring (bicyclic) bond motifs is 8. The van der Waals surface area contributed by atoms with Crippen molar-refractivity contribution in [2.24, 2.45) is 0 Å². The Kier molecular flexibility index (Phi) is 6.15. The number of rotatable bonds is 5. The molecule has 49 heavy (non-hydrogen) atoms. The van der Waals surface area contributed by atoms with Gasteiger partial charge in [0.25, 0.3) is 0 Å². The minimum absolute atomic E-state index is 0.613. The van der Waals surface area contributed by atoms with Crippen molar-refractivity contribution < 1.29 is 8.83 Å². The van der Waals surface area contributed by atoms with Crippen molar-refractivity contribution in [3.05, 3.63) is 170 Å². The lowest BCUT2D eigenvalue weighted by Gasteiger charge is -2.27. The zero-order valence-corrected chi connectivity index (χ0v) is 26.4. The van der Waals surface area contributed by atoms with Crippen LogP contribution in [0, 0.1) is 0 Å². The summed E-state index contributed by atoms with van der Waals surface area (Å²) in [5, 5.41) is 6.59. The second-order valence-corrected chi connectivity index (χ2v) is 12.3. The molecule has 0 atom stereocenters. The topological polar surface area (TPSA) is 42.4 Å². The largest absolute Gasteiger partial charge is 0.456 e. The van der Waals surface area contributed by atoms with Gasteiger partial charge in [-0.15, -0.1) is 0 Å². The Morgan fingerprint density at radius 2 is 1.10 bits per heavy atom. The second kappa shape index (κ2) is 11.0. The highest BCUT2D eigenvalue weighted by Crippen LogP contribution is 2.46. The van der Waals surface area contributed by atoms with Gasteiger partial charge in [-0.2, -0.15) is 0 Å². The lowest BCUT2D eigenvalue weighted by atomic mass is 9.91. The Labute approximate surface area is 282 Å². The number of anilines is 3. The first-order valence-corrected chi connectivity index (χ1v) is 16.5. The maximum Gasteiger partial charge on any atom is 0.227 e. The number of aromatic nitrogens is 1. The molecule has 0 fully saturated rings. The normalized spacial score (nSPS) is 11.7. The second-order valence-electron chi connectivity index (χ2n) is 12.3. The van der Waals surface area contributed by atoms with Crippen LogP contribution in [0.4, 0.5) is 17.1 Å². The van der Waals surface area contributed by atoms with Crippen LogP contribution in [-0.2, 0) is 0 Å². The van der Waals surface area contributed by atoms with Crippen molar-refractivity contribution in [1.29, 1.82) is 0 Å². The summed E-state index contributed by atoms with van der Waals surface area (Å²) < 4.78 is 13.1. The van der Waals surface area contributed by atoms with E-state index in [1.54, 1.807) is 0 Å². The van der Waals surface area contributed by atoms with E-state index in [2.05, 4.69) is 132 Å². The molecular formula is C45H28N2O2. The number of para-hydroxylation sites is 2. The minimum atomic E-state index is 0.613. The van der Waals surface area contributed by atoms with Crippen LogP contribution in [0.25, 0.3) is 77.2 Å². The van der Waals surface area contributed by atoms with E-state index in [0.717, 1.165) is 88.3 Å². The monoisotopic (exact) mass is 628 g/mol. The van der Waals surface area contributed by atoms with Gasteiger partial charge in [0, 0.05) is 44.5 Å². The molecule has 0 radical (unpaired) electrons. The summed E-state index contributed by atoms with van der Waals surface area (Å²) in [4.78, 5) is 7.28. The van der Waals surface area contributed by atoms with Crippen LogP contribution in [0.15, 0.2) is 179 Å². The van der Waals surface area contributed by atoms with E-state index in [9.17, 15) is 0 Å². The van der Waals surface area contributed by atoms with Crippen LogP contribution in [0.2, 0.25) is 0 Å². The van der Waals surface area contributed by atoms with Crippen molar-refractivity contribution in [3.8, 4) is 22.6 Å². The van der Waals surface area contributed by atoms with Crippen LogP contribution in [0.5, 0.6) is 0 Å². The molecule has 0 aliphatic carbocycles. The van der Waals surface area contributed by atoms with Gasteiger partial charge in [0.1, 0.15) is 16.7 Å². The third kappa shape index (κ3) is 4.42. The molecule has 2 aromatic heterocycles. The van der Waals surface area contributed by atoms with Crippen LogP contribution < -0.4 is 4.90 Å². The van der Waals surface area contributed by atoms with Crippen LogP contribution in [-0.4, -0.2) is 4.98 Å². The first kappa shape index (κ1) is 27.5. The van der Waals surface area contributed by atoms with Gasteiger partial charge in [0.2, 0.25) is 5.89 Å². The van der Waals surface area contributed by atoms with Gasteiger partial charge in [-0.25, -0.2) is 4.98 Å². The summed E-state index contributed by atoms with van der Waals surface area (Å²) in [7, 11) is 0. The average molecular weight is 629 g/mol. The van der Waals surface area contributed by atoms with E-state index in [1.807, 2.05) is 42.5 Å². The number of hydrogen-bond donors (Lipinski definition) is 0. The van der Waals surface area contributed by atoms with Gasteiger partial charge in [0.15, 0.2) is 5.58 Å². The van der Waals surface area contributed by atoms with E-state index in [0.29, 0.717) is 5.89 Å². The molecule has 10 rings (SSSR count). The van der Waals surface area contributed by atoms with Crippen LogP contribution in [0.1, 0.15) is 0 Å². The maximum atomic E-state index is 6.68. The Hall–Kier alpha value is -6.65. The van der Waals surface area contributed by atoms with Crippen molar-refractivity contribution in [1.82, 2.24) is 4.98 Å². The molecule has 2 heterocycles. The minimum Gasteiger partial charge on any atom is -0.456 e. The lowest BCUT2D eigenvalue weighted by Crippen LogP contribution is -2.10. The number of hydrogen-bond acceptors (Lipinski definition) is 4. The number of furan rings is 1. The molecule has 0 saturated carbocycles. The highest BCUT2D eigenvalue weighted by atomic mass is 16.3. The zero-order valence-electron chi connectivity index (χ0n) is 26.4. The summed E-state index contributed by atoms with van der Waals surface area (Å²) in [6, 6.07) is 59.1. The molecule has 0 amide bonds. The molecule has 4 nitrogen and oxygen atoms in total. The maximum absolute atomic E-state index is 6.68. The van der Waals surface area contributed by atoms with Crippen molar-refractivity contribution in [3.63, 3.8) is 0 Å². The van der Waals surface area contributed by atoms with Gasteiger partial charge in [-0.3, -0.25) is 0 Å². The molecule has 0 bridgehead atoms. The molecule has 8 aromatic carbocycles. The predicted molar refractivity (Wildman–Crippen MR) is 202 cm³/mol. The molecule has 10 aromatic rings. The summed E-state index contributed by atoms with van der Waals surface area (Å²) in [6.45, 7) is 0. The van der Waals surface area contributed by atoms with Crippen molar-refractivity contribution in [2.75, 3.05) is 4.90 Å². The lowest BCUT2D eigenvalue weighted by molar-refractivity contribution is 0.623. The molecule has 0 unspecified atom stereocenters. The molecule has 0 N–H and O–H groups in total. The van der Waals surface area contributed by atoms with Gasteiger partial charge in [0.05, 0.1) is 5.69 Å². The SMILES string of the molecule is c1ccc(-c2nc3ccc4c(-c5ccccc5)cc5c(N(c6ccccc6)c6ccc7c(c6)oc6ccccc67)cccc5c4c3o2)cc1. The first-order valence-electron chi connectivity index (χ1n) is 16.5. The number of nitrogens with zero attached hydrogens (tertiary/aromatic N) is 2.